The molecule has 1 amide bonds. The zero-order chi connectivity index (χ0) is 18.9. The average Bonchev–Trinajstić information content (AvgIpc) is 2.57. The average molecular weight is 380 g/mol. The molecule has 0 spiro atoms. The number of fused-ring (bicyclic) bond motifs is 1. The van der Waals surface area contributed by atoms with E-state index >= 15 is 0 Å². The Morgan fingerprint density at radius 1 is 1.31 bits per heavy atom. The predicted octanol–water partition coefficient (Wildman–Crippen LogP) is 4.35. The van der Waals surface area contributed by atoms with E-state index < -0.39 is 17.5 Å². The van der Waals surface area contributed by atoms with Gasteiger partial charge in [-0.2, -0.15) is 0 Å². The largest absolute Gasteiger partial charge is 0.444 e. The molecule has 0 unspecified atom stereocenters. The second-order valence-electron chi connectivity index (χ2n) is 6.91. The summed E-state index contributed by atoms with van der Waals surface area (Å²) in [6, 6.07) is 4.33. The topological polar surface area (TPSA) is 64.5 Å². The number of carbonyl (C=O) groups excluding carboxylic acids is 1. The molecule has 8 heteroatoms. The summed E-state index contributed by atoms with van der Waals surface area (Å²) in [7, 11) is 0. The van der Waals surface area contributed by atoms with Gasteiger partial charge in [0.15, 0.2) is 5.75 Å². The predicted molar refractivity (Wildman–Crippen MR) is 93.9 cm³/mol. The van der Waals surface area contributed by atoms with E-state index in [1.807, 2.05) is 20.8 Å². The zero-order valence-electron chi connectivity index (χ0n) is 14.8. The van der Waals surface area contributed by atoms with Crippen LogP contribution in [0.25, 0.3) is 0 Å². The van der Waals surface area contributed by atoms with Gasteiger partial charge >= 0.3 is 6.09 Å². The van der Waals surface area contributed by atoms with Gasteiger partial charge in [0.05, 0.1) is 12.2 Å². The van der Waals surface area contributed by atoms with E-state index in [0.717, 1.165) is 5.56 Å². The maximum atomic E-state index is 13.6. The number of benzene rings is 1. The molecule has 1 aromatic carbocycles. The molecule has 6 nitrogen and oxygen atoms in total. The Labute approximate surface area is 155 Å². The lowest BCUT2D eigenvalue weighted by atomic mass is 10.1. The summed E-state index contributed by atoms with van der Waals surface area (Å²) in [6.07, 6.45) is 1.45. The summed E-state index contributed by atoms with van der Waals surface area (Å²) in [5.74, 6) is -0.0725. The lowest BCUT2D eigenvalue weighted by Gasteiger charge is -2.30. The first kappa shape index (κ1) is 18.4. The standard InChI is InChI=1S/C18H19ClFN3O3/c1-18(2,3)26-17(24)23-8-7-11-13(9-23)21-10-22-16(11)25-14-6-4-5-12(20)15(14)19/h4-6,10H,7-9H2,1-3H3. The fourth-order valence-corrected chi connectivity index (χ4v) is 2.73. The molecule has 0 radical (unpaired) electrons. The second kappa shape index (κ2) is 7.07. The Hall–Kier alpha value is -2.41. The molecule has 26 heavy (non-hydrogen) atoms. The number of amides is 1. The van der Waals surface area contributed by atoms with Crippen molar-refractivity contribution in [3.05, 3.63) is 46.6 Å². The van der Waals surface area contributed by atoms with Gasteiger partial charge in [-0.25, -0.2) is 19.2 Å². The van der Waals surface area contributed by atoms with Crippen molar-refractivity contribution in [3.63, 3.8) is 0 Å². The smallest absolute Gasteiger partial charge is 0.410 e. The number of hydrogen-bond donors (Lipinski definition) is 0. The van der Waals surface area contributed by atoms with Crippen LogP contribution < -0.4 is 4.74 Å². The minimum atomic E-state index is -0.566. The molecule has 0 bridgehead atoms. The van der Waals surface area contributed by atoms with Crippen LogP contribution in [0, 0.1) is 5.82 Å². The lowest BCUT2D eigenvalue weighted by Crippen LogP contribution is -2.40. The first-order valence-electron chi connectivity index (χ1n) is 8.17. The number of rotatable bonds is 2. The van der Waals surface area contributed by atoms with Gasteiger partial charge in [-0.3, -0.25) is 0 Å². The highest BCUT2D eigenvalue weighted by Gasteiger charge is 2.28. The van der Waals surface area contributed by atoms with Gasteiger partial charge in [0.1, 0.15) is 22.8 Å². The van der Waals surface area contributed by atoms with Crippen LogP contribution in [0.2, 0.25) is 5.02 Å². The Bertz CT molecular complexity index is 839. The fourth-order valence-electron chi connectivity index (χ4n) is 2.56. The minimum absolute atomic E-state index is 0.106. The molecular formula is C18H19ClFN3O3. The molecule has 1 aromatic heterocycles. The van der Waals surface area contributed by atoms with Crippen molar-refractivity contribution in [3.8, 4) is 11.6 Å². The first-order valence-corrected chi connectivity index (χ1v) is 8.55. The first-order chi connectivity index (χ1) is 12.2. The van der Waals surface area contributed by atoms with Crippen molar-refractivity contribution >= 4 is 17.7 Å². The van der Waals surface area contributed by atoms with Gasteiger partial charge < -0.3 is 14.4 Å². The van der Waals surface area contributed by atoms with E-state index in [9.17, 15) is 9.18 Å². The monoisotopic (exact) mass is 379 g/mol. The molecule has 1 aliphatic rings. The molecule has 2 aromatic rings. The summed E-state index contributed by atoms with van der Waals surface area (Å²) in [5.41, 5.74) is 0.873. The van der Waals surface area contributed by atoms with Crippen molar-refractivity contribution in [1.29, 1.82) is 0 Å². The number of hydrogen-bond acceptors (Lipinski definition) is 5. The number of ether oxygens (including phenoxy) is 2. The third-order valence-corrected chi connectivity index (χ3v) is 4.11. The lowest BCUT2D eigenvalue weighted by molar-refractivity contribution is 0.0219. The van der Waals surface area contributed by atoms with E-state index in [1.165, 1.54) is 18.5 Å². The van der Waals surface area contributed by atoms with E-state index in [0.29, 0.717) is 31.1 Å². The highest BCUT2D eigenvalue weighted by atomic mass is 35.5. The van der Waals surface area contributed by atoms with Crippen LogP contribution in [0.3, 0.4) is 0 Å². The van der Waals surface area contributed by atoms with Crippen LogP contribution in [-0.4, -0.2) is 33.1 Å². The molecule has 0 N–H and O–H groups in total. The molecule has 138 valence electrons. The third kappa shape index (κ3) is 4.04. The number of nitrogens with zero attached hydrogens (tertiary/aromatic N) is 3. The van der Waals surface area contributed by atoms with Crippen LogP contribution in [0.1, 0.15) is 32.0 Å². The summed E-state index contributed by atoms with van der Waals surface area (Å²) in [5, 5.41) is -0.106. The SMILES string of the molecule is CC(C)(C)OC(=O)N1CCc2c(ncnc2Oc2cccc(F)c2Cl)C1. The van der Waals surface area contributed by atoms with E-state index in [1.54, 1.807) is 11.0 Å². The van der Waals surface area contributed by atoms with Gasteiger partial charge in [0, 0.05) is 12.1 Å². The summed E-state index contributed by atoms with van der Waals surface area (Å²) in [6.45, 7) is 6.20. The van der Waals surface area contributed by atoms with Crippen LogP contribution >= 0.6 is 11.6 Å². The van der Waals surface area contributed by atoms with Gasteiger partial charge in [-0.05, 0) is 39.3 Å². The molecule has 2 heterocycles. The van der Waals surface area contributed by atoms with Crippen molar-refractivity contribution in [2.24, 2.45) is 0 Å². The van der Waals surface area contributed by atoms with Crippen molar-refractivity contribution in [2.75, 3.05) is 6.54 Å². The Balaban J connectivity index is 1.81. The number of halogens is 2. The fraction of sp³-hybridized carbons (Fsp3) is 0.389. The van der Waals surface area contributed by atoms with Crippen LogP contribution in [0.5, 0.6) is 11.6 Å². The third-order valence-electron chi connectivity index (χ3n) is 3.74. The number of carbonyl (C=O) groups is 1. The van der Waals surface area contributed by atoms with Crippen LogP contribution in [-0.2, 0) is 17.7 Å². The van der Waals surface area contributed by atoms with Crippen molar-refractivity contribution < 1.29 is 18.7 Å². The Morgan fingerprint density at radius 2 is 2.08 bits per heavy atom. The maximum absolute atomic E-state index is 13.6. The minimum Gasteiger partial charge on any atom is -0.444 e. The van der Waals surface area contributed by atoms with E-state index in [-0.39, 0.29) is 10.8 Å². The van der Waals surface area contributed by atoms with Crippen molar-refractivity contribution in [1.82, 2.24) is 14.9 Å². The van der Waals surface area contributed by atoms with Gasteiger partial charge in [0.2, 0.25) is 5.88 Å². The molecule has 3 rings (SSSR count). The Morgan fingerprint density at radius 3 is 2.81 bits per heavy atom. The summed E-state index contributed by atoms with van der Waals surface area (Å²) < 4.78 is 24.7. The molecule has 0 saturated carbocycles. The van der Waals surface area contributed by atoms with Crippen LogP contribution in [0.15, 0.2) is 24.5 Å². The highest BCUT2D eigenvalue weighted by molar-refractivity contribution is 6.32. The summed E-state index contributed by atoms with van der Waals surface area (Å²) in [4.78, 5) is 22.2. The van der Waals surface area contributed by atoms with Crippen LogP contribution in [0.4, 0.5) is 9.18 Å². The Kier molecular flexibility index (Phi) is 5.00. The molecule has 0 aliphatic carbocycles. The molecule has 0 atom stereocenters. The second-order valence-corrected chi connectivity index (χ2v) is 7.29. The quantitative estimate of drug-likeness (QED) is 0.775. The van der Waals surface area contributed by atoms with Gasteiger partial charge in [0.25, 0.3) is 0 Å². The molecular weight excluding hydrogens is 361 g/mol. The molecule has 0 fully saturated rings. The van der Waals surface area contributed by atoms with Gasteiger partial charge in [-0.1, -0.05) is 17.7 Å². The molecule has 0 saturated heterocycles. The summed E-state index contributed by atoms with van der Waals surface area (Å²) >= 11 is 5.94. The van der Waals surface area contributed by atoms with E-state index in [2.05, 4.69) is 9.97 Å². The van der Waals surface area contributed by atoms with Crippen molar-refractivity contribution in [2.45, 2.75) is 39.3 Å². The van der Waals surface area contributed by atoms with Gasteiger partial charge in [-0.15, -0.1) is 0 Å². The normalized spacial score (nSPS) is 14.0. The van der Waals surface area contributed by atoms with E-state index in [4.69, 9.17) is 21.1 Å². The zero-order valence-corrected chi connectivity index (χ0v) is 15.5. The highest BCUT2D eigenvalue weighted by Crippen LogP contribution is 2.33. The maximum Gasteiger partial charge on any atom is 0.410 e. The number of aromatic nitrogens is 2. The molecule has 1 aliphatic heterocycles.